The summed E-state index contributed by atoms with van der Waals surface area (Å²) in [5.41, 5.74) is 1.22. The van der Waals surface area contributed by atoms with Gasteiger partial charge in [-0.1, -0.05) is 0 Å². The molecule has 0 unspecified atom stereocenters. The van der Waals surface area contributed by atoms with Gasteiger partial charge in [-0.25, -0.2) is 0 Å². The molecule has 0 spiro atoms. The van der Waals surface area contributed by atoms with Crippen LogP contribution in [0.3, 0.4) is 0 Å². The lowest BCUT2D eigenvalue weighted by Gasteiger charge is -1.93. The van der Waals surface area contributed by atoms with Crippen LogP contribution in [0, 0.1) is 11.3 Å². The van der Waals surface area contributed by atoms with Gasteiger partial charge < -0.3 is 5.32 Å². The monoisotopic (exact) mass is 230 g/mol. The van der Waals surface area contributed by atoms with Crippen molar-refractivity contribution in [2.24, 2.45) is 0 Å². The lowest BCUT2D eigenvalue weighted by molar-refractivity contribution is 0.768. The summed E-state index contributed by atoms with van der Waals surface area (Å²) in [7, 11) is 0. The smallest absolute Gasteiger partial charge is 0.0843 e. The van der Waals surface area contributed by atoms with Gasteiger partial charge >= 0.3 is 0 Å². The molecule has 0 radical (unpaired) electrons. The minimum atomic E-state index is 0.410. The van der Waals surface area contributed by atoms with Crippen LogP contribution in [0.1, 0.15) is 5.56 Å². The highest BCUT2D eigenvalue weighted by Gasteiger charge is 1.94. The van der Waals surface area contributed by atoms with Crippen LogP contribution in [-0.2, 0) is 6.54 Å². The fourth-order valence-electron chi connectivity index (χ4n) is 0.701. The Morgan fingerprint density at radius 2 is 2.55 bits per heavy atom. The lowest BCUT2D eigenvalue weighted by atomic mass is 10.3. The van der Waals surface area contributed by atoms with E-state index in [0.717, 1.165) is 10.3 Å². The van der Waals surface area contributed by atoms with E-state index in [1.807, 2.05) is 6.07 Å². The molecule has 58 valence electrons. The first-order valence-corrected chi connectivity index (χ1v) is 4.81. The zero-order valence-electron chi connectivity index (χ0n) is 5.80. The van der Waals surface area contributed by atoms with Crippen LogP contribution < -0.4 is 5.32 Å². The number of nitrogens with one attached hydrogen (secondary N) is 1. The number of nitrogens with zero attached hydrogens (tertiary/aromatic N) is 1. The van der Waals surface area contributed by atoms with E-state index in [2.05, 4.69) is 32.7 Å². The summed E-state index contributed by atoms with van der Waals surface area (Å²) in [6.45, 7) is 1.18. The third-order valence-electron chi connectivity index (χ3n) is 1.15. The van der Waals surface area contributed by atoms with Gasteiger partial charge in [0.25, 0.3) is 0 Å². The fraction of sp³-hybridized carbons (Fsp3) is 0.286. The summed E-state index contributed by atoms with van der Waals surface area (Å²) < 4.78 is 1.13. The van der Waals surface area contributed by atoms with E-state index in [0.29, 0.717) is 6.54 Å². The highest BCUT2D eigenvalue weighted by molar-refractivity contribution is 9.11. The van der Waals surface area contributed by atoms with E-state index in [9.17, 15) is 0 Å². The second-order valence-corrected chi connectivity index (χ2v) is 4.31. The molecule has 0 bridgehead atoms. The van der Waals surface area contributed by atoms with E-state index in [-0.39, 0.29) is 0 Å². The maximum absolute atomic E-state index is 8.23. The van der Waals surface area contributed by atoms with Gasteiger partial charge in [-0.2, -0.15) is 5.26 Å². The Hall–Kier alpha value is -0.370. The number of thiophene rings is 1. The number of nitriles is 1. The van der Waals surface area contributed by atoms with E-state index in [4.69, 9.17) is 5.26 Å². The van der Waals surface area contributed by atoms with Crippen molar-refractivity contribution in [2.45, 2.75) is 6.54 Å². The summed E-state index contributed by atoms with van der Waals surface area (Å²) in [6, 6.07) is 4.08. The average Bonchev–Trinajstić information content (AvgIpc) is 2.37. The van der Waals surface area contributed by atoms with Gasteiger partial charge in [0.2, 0.25) is 0 Å². The predicted molar refractivity (Wildman–Crippen MR) is 49.3 cm³/mol. The van der Waals surface area contributed by atoms with E-state index < -0.39 is 0 Å². The Balaban J connectivity index is 2.34. The molecular formula is C7H7BrN2S. The zero-order valence-corrected chi connectivity index (χ0v) is 8.20. The zero-order chi connectivity index (χ0) is 8.10. The molecule has 0 amide bonds. The molecule has 0 saturated heterocycles. The van der Waals surface area contributed by atoms with Gasteiger partial charge in [0.1, 0.15) is 0 Å². The quantitative estimate of drug-likeness (QED) is 0.638. The second-order valence-electron chi connectivity index (χ2n) is 2.02. The Bertz CT molecular complexity index is 264. The van der Waals surface area contributed by atoms with Crippen molar-refractivity contribution in [3.63, 3.8) is 0 Å². The molecule has 0 fully saturated rings. The van der Waals surface area contributed by atoms with Gasteiger partial charge in [-0.15, -0.1) is 11.3 Å². The molecule has 1 aromatic heterocycles. The second kappa shape index (κ2) is 4.50. The van der Waals surface area contributed by atoms with Gasteiger partial charge in [0, 0.05) is 6.54 Å². The first kappa shape index (κ1) is 8.72. The van der Waals surface area contributed by atoms with Gasteiger partial charge in [0.15, 0.2) is 0 Å². The molecule has 0 saturated carbocycles. The van der Waals surface area contributed by atoms with Crippen molar-refractivity contribution in [1.29, 1.82) is 5.26 Å². The molecule has 0 aliphatic carbocycles. The summed E-state index contributed by atoms with van der Waals surface area (Å²) in [6.07, 6.45) is 0. The van der Waals surface area contributed by atoms with Crippen LogP contribution >= 0.6 is 27.3 Å². The first-order chi connectivity index (χ1) is 5.33. The molecule has 1 N–H and O–H groups in total. The van der Waals surface area contributed by atoms with Crippen molar-refractivity contribution in [3.8, 4) is 6.07 Å². The molecule has 1 heterocycles. The SMILES string of the molecule is N#CCNCc1csc(Br)c1. The van der Waals surface area contributed by atoms with Gasteiger partial charge in [-0.05, 0) is 32.9 Å². The molecule has 4 heteroatoms. The van der Waals surface area contributed by atoms with Crippen LogP contribution in [-0.4, -0.2) is 6.54 Å². The highest BCUT2D eigenvalue weighted by atomic mass is 79.9. The van der Waals surface area contributed by atoms with Crippen molar-refractivity contribution in [1.82, 2.24) is 5.32 Å². The van der Waals surface area contributed by atoms with Crippen LogP contribution in [0.25, 0.3) is 0 Å². The summed E-state index contributed by atoms with van der Waals surface area (Å²) in [5.74, 6) is 0. The van der Waals surface area contributed by atoms with Crippen LogP contribution in [0.5, 0.6) is 0 Å². The van der Waals surface area contributed by atoms with Gasteiger partial charge in [0.05, 0.1) is 16.4 Å². The molecule has 0 aromatic carbocycles. The summed E-state index contributed by atoms with van der Waals surface area (Å²) in [5, 5.41) is 13.3. The summed E-state index contributed by atoms with van der Waals surface area (Å²) >= 11 is 5.02. The molecule has 1 aromatic rings. The predicted octanol–water partition coefficient (Wildman–Crippen LogP) is 2.12. The molecule has 11 heavy (non-hydrogen) atoms. The number of hydrogen-bond acceptors (Lipinski definition) is 3. The van der Waals surface area contributed by atoms with E-state index in [1.54, 1.807) is 11.3 Å². The number of halogens is 1. The minimum Gasteiger partial charge on any atom is -0.300 e. The molecular weight excluding hydrogens is 224 g/mol. The Kier molecular flexibility index (Phi) is 3.57. The van der Waals surface area contributed by atoms with E-state index in [1.165, 1.54) is 5.56 Å². The van der Waals surface area contributed by atoms with Crippen LogP contribution in [0.4, 0.5) is 0 Å². The molecule has 1 rings (SSSR count). The largest absolute Gasteiger partial charge is 0.300 e. The van der Waals surface area contributed by atoms with Crippen molar-refractivity contribution in [2.75, 3.05) is 6.54 Å². The molecule has 0 aliphatic heterocycles. The Morgan fingerprint density at radius 3 is 3.09 bits per heavy atom. The minimum absolute atomic E-state index is 0.410. The van der Waals surface area contributed by atoms with Crippen molar-refractivity contribution in [3.05, 3.63) is 20.8 Å². The number of hydrogen-bond donors (Lipinski definition) is 1. The van der Waals surface area contributed by atoms with Crippen molar-refractivity contribution >= 4 is 27.3 Å². The highest BCUT2D eigenvalue weighted by Crippen LogP contribution is 2.20. The van der Waals surface area contributed by atoms with E-state index >= 15 is 0 Å². The van der Waals surface area contributed by atoms with Crippen molar-refractivity contribution < 1.29 is 0 Å². The van der Waals surface area contributed by atoms with Crippen LogP contribution in [0.2, 0.25) is 0 Å². The Morgan fingerprint density at radius 1 is 1.73 bits per heavy atom. The third kappa shape index (κ3) is 3.02. The maximum Gasteiger partial charge on any atom is 0.0843 e. The molecule has 0 aliphatic rings. The summed E-state index contributed by atoms with van der Waals surface area (Å²) in [4.78, 5) is 0. The Labute approximate surface area is 78.0 Å². The lowest BCUT2D eigenvalue weighted by Crippen LogP contribution is -2.12. The molecule has 0 atom stereocenters. The van der Waals surface area contributed by atoms with Gasteiger partial charge in [-0.3, -0.25) is 0 Å². The normalized spacial score (nSPS) is 9.45. The third-order valence-corrected chi connectivity index (χ3v) is 2.71. The maximum atomic E-state index is 8.23. The average molecular weight is 231 g/mol. The fourth-order valence-corrected chi connectivity index (χ4v) is 1.91. The number of rotatable bonds is 3. The topological polar surface area (TPSA) is 35.8 Å². The molecule has 2 nitrogen and oxygen atoms in total. The van der Waals surface area contributed by atoms with Crippen LogP contribution in [0.15, 0.2) is 15.2 Å². The first-order valence-electron chi connectivity index (χ1n) is 3.13. The standard InChI is InChI=1S/C7H7BrN2S/c8-7-3-6(5-11-7)4-10-2-1-9/h3,5,10H,2,4H2.